The van der Waals surface area contributed by atoms with Gasteiger partial charge in [-0.3, -0.25) is 4.57 Å². The Morgan fingerprint density at radius 1 is 0.385 bits per heavy atom. The Morgan fingerprint density at radius 3 is 1.94 bits per heavy atom. The van der Waals surface area contributed by atoms with Crippen molar-refractivity contribution < 1.29 is 0 Å². The Bertz CT molecular complexity index is 3300. The quantitative estimate of drug-likeness (QED) is 0.186. The van der Waals surface area contributed by atoms with Crippen molar-refractivity contribution in [1.82, 2.24) is 14.5 Å². The molecule has 12 rings (SSSR count). The fourth-order valence-electron chi connectivity index (χ4n) is 8.67. The van der Waals surface area contributed by atoms with Crippen LogP contribution in [0.3, 0.4) is 0 Å². The molecular weight excluding hydrogens is 651 g/mol. The molecule has 0 saturated heterocycles. The lowest BCUT2D eigenvalue weighted by Gasteiger charge is -2.12. The molecule has 240 valence electrons. The van der Waals surface area contributed by atoms with Crippen molar-refractivity contribution in [2.24, 2.45) is 0 Å². The molecule has 0 radical (unpaired) electrons. The average molecular weight is 678 g/mol. The summed E-state index contributed by atoms with van der Waals surface area (Å²) in [4.78, 5) is 10.4. The lowest BCUT2D eigenvalue weighted by atomic mass is 9.96. The van der Waals surface area contributed by atoms with Gasteiger partial charge in [0.25, 0.3) is 0 Å². The van der Waals surface area contributed by atoms with Gasteiger partial charge in [-0.2, -0.15) is 0 Å². The third-order valence-corrected chi connectivity index (χ3v) is 12.1. The van der Waals surface area contributed by atoms with E-state index in [9.17, 15) is 0 Å². The third-order valence-electron chi connectivity index (χ3n) is 10.9. The van der Waals surface area contributed by atoms with Crippen molar-refractivity contribution in [3.05, 3.63) is 164 Å². The van der Waals surface area contributed by atoms with Crippen LogP contribution in [0.1, 0.15) is 0 Å². The standard InChI is InChI=1S/C48H27N3S/c1-2-11-28(12-3-1)47-35-16-6-8-19-40(35)49-48(50-47)51-41-20-9-7-15-33(41)37-25-29(21-23-42(37)51)30-22-24-43-39(26-30)46-36-18-10-17-34-31-13-4-5-14-32(31)38(45(34)36)27-44(46)52-43/h1-27H. The predicted octanol–water partition coefficient (Wildman–Crippen LogP) is 13.2. The topological polar surface area (TPSA) is 30.7 Å². The molecule has 0 saturated carbocycles. The molecule has 11 aromatic rings. The van der Waals surface area contributed by atoms with Crippen LogP contribution in [0.25, 0.3) is 114 Å². The van der Waals surface area contributed by atoms with Gasteiger partial charge in [0.15, 0.2) is 0 Å². The number of hydrogen-bond acceptors (Lipinski definition) is 3. The highest BCUT2D eigenvalue weighted by Crippen LogP contribution is 2.52. The van der Waals surface area contributed by atoms with Crippen molar-refractivity contribution in [2.45, 2.75) is 0 Å². The highest BCUT2D eigenvalue weighted by atomic mass is 32.1. The summed E-state index contributed by atoms with van der Waals surface area (Å²) in [5.74, 6) is 0.674. The molecule has 0 spiro atoms. The molecule has 0 aliphatic heterocycles. The van der Waals surface area contributed by atoms with Crippen LogP contribution in [0.15, 0.2) is 164 Å². The van der Waals surface area contributed by atoms with Crippen LogP contribution in [0.4, 0.5) is 0 Å². The van der Waals surface area contributed by atoms with Crippen LogP contribution in [-0.4, -0.2) is 14.5 Å². The van der Waals surface area contributed by atoms with E-state index in [4.69, 9.17) is 9.97 Å². The number of thiophene rings is 1. The van der Waals surface area contributed by atoms with Gasteiger partial charge in [-0.15, -0.1) is 11.3 Å². The summed E-state index contributed by atoms with van der Waals surface area (Å²) >= 11 is 1.90. The van der Waals surface area contributed by atoms with E-state index in [1.165, 1.54) is 75.1 Å². The van der Waals surface area contributed by atoms with Crippen molar-refractivity contribution in [2.75, 3.05) is 0 Å². The van der Waals surface area contributed by atoms with Gasteiger partial charge >= 0.3 is 0 Å². The molecule has 0 unspecified atom stereocenters. The van der Waals surface area contributed by atoms with Crippen LogP contribution >= 0.6 is 11.3 Å². The Hall–Kier alpha value is -6.62. The predicted molar refractivity (Wildman–Crippen MR) is 220 cm³/mol. The normalized spacial score (nSPS) is 12.2. The largest absolute Gasteiger partial charge is 0.278 e. The zero-order valence-electron chi connectivity index (χ0n) is 27.8. The highest BCUT2D eigenvalue weighted by molar-refractivity contribution is 7.26. The Labute approximate surface area is 302 Å². The molecule has 8 aromatic carbocycles. The second-order valence-corrected chi connectivity index (χ2v) is 14.8. The molecular formula is C48H27N3S. The van der Waals surface area contributed by atoms with E-state index in [0.717, 1.165) is 33.2 Å². The summed E-state index contributed by atoms with van der Waals surface area (Å²) < 4.78 is 4.88. The second kappa shape index (κ2) is 10.5. The van der Waals surface area contributed by atoms with E-state index in [1.807, 2.05) is 23.5 Å². The second-order valence-electron chi connectivity index (χ2n) is 13.7. The lowest BCUT2D eigenvalue weighted by molar-refractivity contribution is 1.01. The van der Waals surface area contributed by atoms with Crippen molar-refractivity contribution in [3.63, 3.8) is 0 Å². The van der Waals surface area contributed by atoms with Crippen molar-refractivity contribution >= 4 is 75.0 Å². The van der Waals surface area contributed by atoms with Crippen LogP contribution in [0.5, 0.6) is 0 Å². The fraction of sp³-hybridized carbons (Fsp3) is 0. The zero-order valence-corrected chi connectivity index (χ0v) is 28.7. The molecule has 0 amide bonds. The van der Waals surface area contributed by atoms with Gasteiger partial charge in [-0.25, -0.2) is 9.97 Å². The maximum absolute atomic E-state index is 5.26. The van der Waals surface area contributed by atoms with Gasteiger partial charge in [0.1, 0.15) is 0 Å². The number of para-hydroxylation sites is 2. The molecule has 3 aromatic heterocycles. The first kappa shape index (κ1) is 28.1. The number of nitrogens with zero attached hydrogens (tertiary/aromatic N) is 3. The molecule has 4 heteroatoms. The highest BCUT2D eigenvalue weighted by Gasteiger charge is 2.24. The first-order valence-corrected chi connectivity index (χ1v) is 18.5. The van der Waals surface area contributed by atoms with E-state index in [-0.39, 0.29) is 0 Å². The Balaban J connectivity index is 1.06. The fourth-order valence-corrected chi connectivity index (χ4v) is 9.81. The van der Waals surface area contributed by atoms with Crippen LogP contribution < -0.4 is 0 Å². The number of aromatic nitrogens is 3. The summed E-state index contributed by atoms with van der Waals surface area (Å²) in [7, 11) is 0. The SMILES string of the molecule is c1ccc(-c2nc(-n3c4ccccc4c4cc(-c5ccc6sc7cc8c9c(cccc9c7c6c5)-c5ccccc5-8)ccc43)nc3ccccc23)cc1. The smallest absolute Gasteiger partial charge is 0.235 e. The van der Waals surface area contributed by atoms with Gasteiger partial charge in [-0.05, 0) is 86.6 Å². The Kier molecular flexibility index (Phi) is 5.65. The molecule has 52 heavy (non-hydrogen) atoms. The lowest BCUT2D eigenvalue weighted by Crippen LogP contribution is -2.03. The molecule has 0 fully saturated rings. The molecule has 1 aliphatic rings. The summed E-state index contributed by atoms with van der Waals surface area (Å²) in [5, 5.41) is 8.81. The summed E-state index contributed by atoms with van der Waals surface area (Å²) in [5.41, 5.74) is 12.9. The van der Waals surface area contributed by atoms with Gasteiger partial charge in [-0.1, -0.05) is 121 Å². The molecule has 3 nitrogen and oxygen atoms in total. The van der Waals surface area contributed by atoms with Crippen LogP contribution in [0, 0.1) is 0 Å². The van der Waals surface area contributed by atoms with E-state index >= 15 is 0 Å². The Morgan fingerprint density at radius 2 is 1.06 bits per heavy atom. The van der Waals surface area contributed by atoms with Crippen molar-refractivity contribution in [3.8, 4) is 50.6 Å². The first-order chi connectivity index (χ1) is 25.8. The minimum absolute atomic E-state index is 0.674. The van der Waals surface area contributed by atoms with Crippen LogP contribution in [0.2, 0.25) is 0 Å². The van der Waals surface area contributed by atoms with Gasteiger partial charge in [0, 0.05) is 41.9 Å². The summed E-state index contributed by atoms with van der Waals surface area (Å²) in [6.07, 6.45) is 0. The van der Waals surface area contributed by atoms with E-state index in [1.54, 1.807) is 0 Å². The van der Waals surface area contributed by atoms with E-state index in [0.29, 0.717) is 5.95 Å². The number of hydrogen-bond donors (Lipinski definition) is 0. The first-order valence-electron chi connectivity index (χ1n) is 17.7. The number of rotatable bonds is 3. The molecule has 0 bridgehead atoms. The maximum atomic E-state index is 5.26. The molecule has 0 atom stereocenters. The van der Waals surface area contributed by atoms with Crippen molar-refractivity contribution in [1.29, 1.82) is 0 Å². The number of benzene rings is 8. The zero-order chi connectivity index (χ0) is 33.9. The molecule has 1 aliphatic carbocycles. The van der Waals surface area contributed by atoms with Gasteiger partial charge < -0.3 is 0 Å². The summed E-state index contributed by atoms with van der Waals surface area (Å²) in [6.45, 7) is 0. The monoisotopic (exact) mass is 677 g/mol. The minimum atomic E-state index is 0.674. The average Bonchev–Trinajstić information content (AvgIpc) is 3.86. The van der Waals surface area contributed by atoms with E-state index < -0.39 is 0 Å². The van der Waals surface area contributed by atoms with Crippen LogP contribution in [-0.2, 0) is 0 Å². The van der Waals surface area contributed by atoms with Gasteiger partial charge in [0.05, 0.1) is 22.2 Å². The maximum Gasteiger partial charge on any atom is 0.235 e. The van der Waals surface area contributed by atoms with Gasteiger partial charge in [0.2, 0.25) is 5.95 Å². The molecule has 0 N–H and O–H groups in total. The number of fused-ring (bicyclic) bond motifs is 11. The van der Waals surface area contributed by atoms with E-state index in [2.05, 4.69) is 156 Å². The third kappa shape index (κ3) is 3.84. The molecule has 3 heterocycles. The summed E-state index contributed by atoms with van der Waals surface area (Å²) in [6, 6.07) is 59.3. The minimum Gasteiger partial charge on any atom is -0.278 e.